The van der Waals surface area contributed by atoms with Crippen molar-refractivity contribution in [3.8, 4) is 17.0 Å². The molecular weight excluding hydrogens is 246 g/mol. The first-order valence-electron chi connectivity index (χ1n) is 5.95. The van der Waals surface area contributed by atoms with Crippen LogP contribution in [0.3, 0.4) is 0 Å². The molecule has 0 radical (unpaired) electrons. The van der Waals surface area contributed by atoms with Crippen LogP contribution < -0.4 is 4.74 Å². The van der Waals surface area contributed by atoms with E-state index in [2.05, 4.69) is 5.16 Å². The van der Waals surface area contributed by atoms with Crippen LogP contribution in [0.25, 0.3) is 11.3 Å². The highest BCUT2D eigenvalue weighted by atomic mass is 16.5. The summed E-state index contributed by atoms with van der Waals surface area (Å²) < 4.78 is 15.2. The Balaban J connectivity index is 2.39. The van der Waals surface area contributed by atoms with Gasteiger partial charge in [-0.05, 0) is 38.1 Å². The summed E-state index contributed by atoms with van der Waals surface area (Å²) in [5.41, 5.74) is 1.61. The van der Waals surface area contributed by atoms with Gasteiger partial charge in [-0.15, -0.1) is 0 Å². The molecule has 0 atom stereocenters. The topological polar surface area (TPSA) is 61.6 Å². The Morgan fingerprint density at radius 1 is 1.32 bits per heavy atom. The summed E-state index contributed by atoms with van der Waals surface area (Å²) in [6.45, 7) is 4.21. The van der Waals surface area contributed by atoms with Gasteiger partial charge in [0.15, 0.2) is 0 Å². The van der Waals surface area contributed by atoms with Crippen molar-refractivity contribution < 1.29 is 18.8 Å². The third-order valence-electron chi connectivity index (χ3n) is 2.69. The van der Waals surface area contributed by atoms with Crippen molar-refractivity contribution in [1.82, 2.24) is 5.16 Å². The molecule has 0 saturated carbocycles. The number of esters is 1. The first-order chi connectivity index (χ1) is 9.17. The maximum Gasteiger partial charge on any atom is 0.343 e. The van der Waals surface area contributed by atoms with Gasteiger partial charge in [-0.25, -0.2) is 4.79 Å². The van der Waals surface area contributed by atoms with Gasteiger partial charge in [-0.2, -0.15) is 0 Å². The molecule has 0 amide bonds. The summed E-state index contributed by atoms with van der Waals surface area (Å²) in [6.07, 6.45) is 0. The zero-order valence-corrected chi connectivity index (χ0v) is 11.1. The van der Waals surface area contributed by atoms with Gasteiger partial charge in [0, 0.05) is 5.56 Å². The van der Waals surface area contributed by atoms with Crippen molar-refractivity contribution in [2.75, 3.05) is 13.7 Å². The highest BCUT2D eigenvalue weighted by molar-refractivity contribution is 5.96. The lowest BCUT2D eigenvalue weighted by molar-refractivity contribution is 0.0599. The Morgan fingerprint density at radius 2 is 2.00 bits per heavy atom. The van der Waals surface area contributed by atoms with Gasteiger partial charge >= 0.3 is 5.97 Å². The molecule has 5 nitrogen and oxygen atoms in total. The van der Waals surface area contributed by atoms with E-state index < -0.39 is 5.97 Å². The number of aryl methyl sites for hydroxylation is 1. The molecule has 0 aliphatic rings. The van der Waals surface area contributed by atoms with Gasteiger partial charge in [-0.3, -0.25) is 0 Å². The molecule has 0 fully saturated rings. The van der Waals surface area contributed by atoms with Crippen LogP contribution in [0.4, 0.5) is 0 Å². The van der Waals surface area contributed by atoms with Crippen LogP contribution in [0.5, 0.6) is 5.75 Å². The molecule has 0 bridgehead atoms. The van der Waals surface area contributed by atoms with Crippen molar-refractivity contribution in [1.29, 1.82) is 0 Å². The van der Waals surface area contributed by atoms with Crippen LogP contribution in [0.1, 0.15) is 23.0 Å². The molecule has 0 N–H and O–H groups in total. The third kappa shape index (κ3) is 2.59. The van der Waals surface area contributed by atoms with Crippen molar-refractivity contribution in [3.05, 3.63) is 35.6 Å². The molecule has 2 aromatic rings. The number of nitrogens with zero attached hydrogens (tertiary/aromatic N) is 1. The fraction of sp³-hybridized carbons (Fsp3) is 0.286. The maximum absolute atomic E-state index is 11.7. The molecule has 19 heavy (non-hydrogen) atoms. The number of rotatable bonds is 4. The minimum Gasteiger partial charge on any atom is -0.494 e. The largest absolute Gasteiger partial charge is 0.494 e. The van der Waals surface area contributed by atoms with E-state index in [-0.39, 0.29) is 0 Å². The summed E-state index contributed by atoms with van der Waals surface area (Å²) >= 11 is 0. The van der Waals surface area contributed by atoms with E-state index in [9.17, 15) is 4.79 Å². The van der Waals surface area contributed by atoms with Crippen LogP contribution in [0.15, 0.2) is 28.8 Å². The Hall–Kier alpha value is -2.30. The Morgan fingerprint density at radius 3 is 2.58 bits per heavy atom. The molecule has 1 aromatic heterocycles. The van der Waals surface area contributed by atoms with Crippen molar-refractivity contribution in [2.24, 2.45) is 0 Å². The quantitative estimate of drug-likeness (QED) is 0.792. The first kappa shape index (κ1) is 13.1. The number of carbonyl (C=O) groups excluding carboxylic acids is 1. The molecule has 0 spiro atoms. The molecule has 2 rings (SSSR count). The van der Waals surface area contributed by atoms with Crippen LogP contribution >= 0.6 is 0 Å². The number of aromatic nitrogens is 1. The predicted octanol–water partition coefficient (Wildman–Crippen LogP) is 2.84. The van der Waals surface area contributed by atoms with Crippen LogP contribution in [0.2, 0.25) is 0 Å². The second-order valence-corrected chi connectivity index (χ2v) is 3.91. The molecule has 100 valence electrons. The Bertz CT molecular complexity index is 572. The predicted molar refractivity (Wildman–Crippen MR) is 69.2 cm³/mol. The molecule has 1 heterocycles. The van der Waals surface area contributed by atoms with E-state index in [0.29, 0.717) is 23.6 Å². The number of benzene rings is 1. The molecular formula is C14H15NO4. The highest BCUT2D eigenvalue weighted by Crippen LogP contribution is 2.27. The summed E-state index contributed by atoms with van der Waals surface area (Å²) in [4.78, 5) is 11.7. The SMILES string of the molecule is CCOc1ccc(-c2noc(C)c2C(=O)OC)cc1. The highest BCUT2D eigenvalue weighted by Gasteiger charge is 2.22. The normalized spacial score (nSPS) is 10.3. The fourth-order valence-electron chi connectivity index (χ4n) is 1.79. The standard InChI is InChI=1S/C14H15NO4/c1-4-18-11-7-5-10(6-8-11)13-12(14(16)17-3)9(2)19-15-13/h5-8H,4H2,1-3H3. The average Bonchev–Trinajstić information content (AvgIpc) is 2.81. The van der Waals surface area contributed by atoms with Crippen LogP contribution in [0, 0.1) is 6.92 Å². The molecule has 0 saturated heterocycles. The smallest absolute Gasteiger partial charge is 0.343 e. The fourth-order valence-corrected chi connectivity index (χ4v) is 1.79. The Labute approximate surface area is 111 Å². The van der Waals surface area contributed by atoms with Gasteiger partial charge in [0.1, 0.15) is 22.8 Å². The number of methoxy groups -OCH3 is 1. The first-order valence-corrected chi connectivity index (χ1v) is 5.95. The maximum atomic E-state index is 11.7. The van der Waals surface area contributed by atoms with E-state index in [1.165, 1.54) is 7.11 Å². The monoisotopic (exact) mass is 261 g/mol. The molecule has 0 aliphatic carbocycles. The lowest BCUT2D eigenvalue weighted by atomic mass is 10.1. The number of hydrogen-bond donors (Lipinski definition) is 0. The summed E-state index contributed by atoms with van der Waals surface area (Å²) in [5, 5.41) is 3.91. The van der Waals surface area contributed by atoms with Crippen molar-refractivity contribution >= 4 is 5.97 Å². The van der Waals surface area contributed by atoms with Gasteiger partial charge in [0.25, 0.3) is 0 Å². The molecule has 1 aromatic carbocycles. The minimum atomic E-state index is -0.456. The molecule has 0 aliphatic heterocycles. The summed E-state index contributed by atoms with van der Waals surface area (Å²) in [5.74, 6) is 0.754. The second-order valence-electron chi connectivity index (χ2n) is 3.91. The molecule has 5 heteroatoms. The number of carbonyl (C=O) groups is 1. The van der Waals surface area contributed by atoms with Gasteiger partial charge in [0.2, 0.25) is 0 Å². The van der Waals surface area contributed by atoms with Crippen LogP contribution in [-0.4, -0.2) is 24.8 Å². The minimum absolute atomic E-state index is 0.353. The number of hydrogen-bond acceptors (Lipinski definition) is 5. The van der Waals surface area contributed by atoms with Crippen molar-refractivity contribution in [2.45, 2.75) is 13.8 Å². The van der Waals surface area contributed by atoms with Gasteiger partial charge in [-0.1, -0.05) is 5.16 Å². The lowest BCUT2D eigenvalue weighted by Gasteiger charge is -2.04. The van der Waals surface area contributed by atoms with E-state index in [1.54, 1.807) is 6.92 Å². The van der Waals surface area contributed by atoms with E-state index >= 15 is 0 Å². The Kier molecular flexibility index (Phi) is 3.85. The van der Waals surface area contributed by atoms with E-state index in [4.69, 9.17) is 14.0 Å². The average molecular weight is 261 g/mol. The van der Waals surface area contributed by atoms with Gasteiger partial charge < -0.3 is 14.0 Å². The zero-order valence-electron chi connectivity index (χ0n) is 11.1. The van der Waals surface area contributed by atoms with Crippen LogP contribution in [-0.2, 0) is 4.74 Å². The van der Waals surface area contributed by atoms with Crippen molar-refractivity contribution in [3.63, 3.8) is 0 Å². The third-order valence-corrected chi connectivity index (χ3v) is 2.69. The lowest BCUT2D eigenvalue weighted by Crippen LogP contribution is -2.03. The van der Waals surface area contributed by atoms with Gasteiger partial charge in [0.05, 0.1) is 13.7 Å². The summed E-state index contributed by atoms with van der Waals surface area (Å²) in [7, 11) is 1.33. The van der Waals surface area contributed by atoms with E-state index in [1.807, 2.05) is 31.2 Å². The zero-order chi connectivity index (χ0) is 13.8. The summed E-state index contributed by atoms with van der Waals surface area (Å²) in [6, 6.07) is 7.30. The van der Waals surface area contributed by atoms with E-state index in [0.717, 1.165) is 11.3 Å². The number of ether oxygens (including phenoxy) is 2. The second kappa shape index (κ2) is 5.56. The molecule has 0 unspecified atom stereocenters.